The first kappa shape index (κ1) is 16.5. The molecule has 0 aromatic heterocycles. The monoisotopic (exact) mass is 352 g/mol. The van der Waals surface area contributed by atoms with Crippen LogP contribution in [0.4, 0.5) is 13.2 Å². The fourth-order valence-electron chi connectivity index (χ4n) is 3.10. The summed E-state index contributed by atoms with van der Waals surface area (Å²) in [4.78, 5) is 0. The summed E-state index contributed by atoms with van der Waals surface area (Å²) >= 11 is 0. The number of hydrogen-bond acceptors (Lipinski definition) is 1. The molecule has 3 aromatic rings. The average molecular weight is 352 g/mol. The van der Waals surface area contributed by atoms with Gasteiger partial charge in [0.15, 0.2) is 0 Å². The standard InChI is InChI=1S/C22H15F3O/c23-22(24,25)18-12-10-16(11-13-18)21-19-9-5-4-8-17(19)14-20(26-21)15-6-2-1-3-7-15/h1-14,21H. The summed E-state index contributed by atoms with van der Waals surface area (Å²) in [7, 11) is 0. The van der Waals surface area contributed by atoms with Gasteiger partial charge in [0.2, 0.25) is 0 Å². The third kappa shape index (κ3) is 3.10. The van der Waals surface area contributed by atoms with Gasteiger partial charge in [-0.25, -0.2) is 0 Å². The zero-order valence-corrected chi connectivity index (χ0v) is 13.7. The van der Waals surface area contributed by atoms with E-state index in [0.717, 1.165) is 28.8 Å². The lowest BCUT2D eigenvalue weighted by molar-refractivity contribution is -0.137. The normalized spacial score (nSPS) is 16.4. The Morgan fingerprint density at radius 1 is 0.731 bits per heavy atom. The summed E-state index contributed by atoms with van der Waals surface area (Å²) in [5, 5.41) is 0. The highest BCUT2D eigenvalue weighted by Gasteiger charge is 2.31. The molecule has 0 radical (unpaired) electrons. The molecule has 1 atom stereocenters. The maximum atomic E-state index is 12.8. The summed E-state index contributed by atoms with van der Waals surface area (Å²) in [6, 6.07) is 22.6. The van der Waals surface area contributed by atoms with E-state index in [0.29, 0.717) is 11.3 Å². The Morgan fingerprint density at radius 3 is 2.08 bits per heavy atom. The van der Waals surface area contributed by atoms with Gasteiger partial charge in [-0.15, -0.1) is 0 Å². The molecule has 4 heteroatoms. The first-order valence-corrected chi connectivity index (χ1v) is 8.22. The van der Waals surface area contributed by atoms with Crippen LogP contribution in [0.2, 0.25) is 0 Å². The lowest BCUT2D eigenvalue weighted by atomic mass is 9.93. The van der Waals surface area contributed by atoms with E-state index in [4.69, 9.17) is 4.74 Å². The van der Waals surface area contributed by atoms with Gasteiger partial charge >= 0.3 is 6.18 Å². The fraction of sp³-hybridized carbons (Fsp3) is 0.0909. The lowest BCUT2D eigenvalue weighted by Crippen LogP contribution is -2.12. The van der Waals surface area contributed by atoms with E-state index in [2.05, 4.69) is 0 Å². The van der Waals surface area contributed by atoms with Crippen LogP contribution in [-0.4, -0.2) is 0 Å². The summed E-state index contributed by atoms with van der Waals surface area (Å²) in [5.41, 5.74) is 2.89. The smallest absolute Gasteiger partial charge is 0.416 e. The third-order valence-electron chi connectivity index (χ3n) is 4.41. The van der Waals surface area contributed by atoms with Crippen molar-refractivity contribution in [1.29, 1.82) is 0 Å². The van der Waals surface area contributed by atoms with Crippen molar-refractivity contribution in [3.63, 3.8) is 0 Å². The van der Waals surface area contributed by atoms with E-state index in [1.807, 2.05) is 60.7 Å². The van der Waals surface area contributed by atoms with Crippen LogP contribution in [0.1, 0.15) is 33.9 Å². The number of fused-ring (bicyclic) bond motifs is 1. The van der Waals surface area contributed by atoms with Crippen molar-refractivity contribution >= 4 is 11.8 Å². The highest BCUT2D eigenvalue weighted by molar-refractivity contribution is 5.80. The number of ether oxygens (including phenoxy) is 1. The molecule has 0 aliphatic carbocycles. The van der Waals surface area contributed by atoms with Gasteiger partial charge in [-0.05, 0) is 29.3 Å². The summed E-state index contributed by atoms with van der Waals surface area (Å²) < 4.78 is 44.7. The molecule has 0 N–H and O–H groups in total. The van der Waals surface area contributed by atoms with Gasteiger partial charge in [0.1, 0.15) is 11.9 Å². The van der Waals surface area contributed by atoms with Crippen LogP contribution in [0.15, 0.2) is 78.9 Å². The highest BCUT2D eigenvalue weighted by atomic mass is 19.4. The minimum absolute atomic E-state index is 0.450. The minimum Gasteiger partial charge on any atom is -0.480 e. The first-order valence-electron chi connectivity index (χ1n) is 8.22. The van der Waals surface area contributed by atoms with E-state index in [-0.39, 0.29) is 0 Å². The van der Waals surface area contributed by atoms with E-state index >= 15 is 0 Å². The predicted octanol–water partition coefficient (Wildman–Crippen LogP) is 6.32. The van der Waals surface area contributed by atoms with Crippen LogP contribution in [0.3, 0.4) is 0 Å². The lowest BCUT2D eigenvalue weighted by Gasteiger charge is -2.28. The number of benzene rings is 3. The van der Waals surface area contributed by atoms with Crippen LogP contribution >= 0.6 is 0 Å². The molecule has 3 aromatic carbocycles. The van der Waals surface area contributed by atoms with Gasteiger partial charge < -0.3 is 4.74 Å². The molecule has 0 amide bonds. The Hall–Kier alpha value is -3.01. The average Bonchev–Trinajstić information content (AvgIpc) is 2.67. The topological polar surface area (TPSA) is 9.23 Å². The largest absolute Gasteiger partial charge is 0.480 e. The predicted molar refractivity (Wildman–Crippen MR) is 95.1 cm³/mol. The number of rotatable bonds is 2. The quantitative estimate of drug-likeness (QED) is 0.524. The highest BCUT2D eigenvalue weighted by Crippen LogP contribution is 2.40. The van der Waals surface area contributed by atoms with Crippen molar-refractivity contribution in [2.24, 2.45) is 0 Å². The molecule has 0 bridgehead atoms. The number of hydrogen-bond donors (Lipinski definition) is 0. The molecule has 1 unspecified atom stereocenters. The SMILES string of the molecule is FC(F)(F)c1ccc(C2OC(c3ccccc3)=Cc3ccccc32)cc1. The Bertz CT molecular complexity index is 941. The molecule has 0 saturated carbocycles. The van der Waals surface area contributed by atoms with E-state index in [9.17, 15) is 13.2 Å². The van der Waals surface area contributed by atoms with E-state index in [1.54, 1.807) is 0 Å². The van der Waals surface area contributed by atoms with E-state index < -0.39 is 17.8 Å². The van der Waals surface area contributed by atoms with Gasteiger partial charge in [-0.3, -0.25) is 0 Å². The van der Waals surface area contributed by atoms with E-state index in [1.165, 1.54) is 12.1 Å². The summed E-state index contributed by atoms with van der Waals surface area (Å²) in [6.07, 6.45) is -2.83. The van der Waals surface area contributed by atoms with Gasteiger partial charge in [0.25, 0.3) is 0 Å². The van der Waals surface area contributed by atoms with Crippen LogP contribution in [0.5, 0.6) is 0 Å². The molecule has 130 valence electrons. The third-order valence-corrected chi connectivity index (χ3v) is 4.41. The Kier molecular flexibility index (Phi) is 4.03. The Labute approximate surface area is 149 Å². The maximum absolute atomic E-state index is 12.8. The van der Waals surface area contributed by atoms with Gasteiger partial charge in [-0.1, -0.05) is 66.7 Å². The fourth-order valence-corrected chi connectivity index (χ4v) is 3.10. The van der Waals surface area contributed by atoms with Crippen LogP contribution in [0, 0.1) is 0 Å². The van der Waals surface area contributed by atoms with Crippen molar-refractivity contribution < 1.29 is 17.9 Å². The van der Waals surface area contributed by atoms with Crippen molar-refractivity contribution in [2.45, 2.75) is 12.3 Å². The maximum Gasteiger partial charge on any atom is 0.416 e. The molecule has 26 heavy (non-hydrogen) atoms. The zero-order valence-electron chi connectivity index (χ0n) is 13.7. The van der Waals surface area contributed by atoms with Crippen LogP contribution < -0.4 is 0 Å². The number of halogens is 3. The summed E-state index contributed by atoms with van der Waals surface area (Å²) in [6.45, 7) is 0. The van der Waals surface area contributed by atoms with Gasteiger partial charge in [0.05, 0.1) is 5.56 Å². The molecule has 0 saturated heterocycles. The number of alkyl halides is 3. The van der Waals surface area contributed by atoms with Crippen LogP contribution in [0.25, 0.3) is 11.8 Å². The molecular weight excluding hydrogens is 337 g/mol. The molecule has 1 aliphatic rings. The first-order chi connectivity index (χ1) is 12.5. The Balaban J connectivity index is 1.76. The minimum atomic E-state index is -4.35. The molecule has 0 spiro atoms. The molecule has 1 heterocycles. The van der Waals surface area contributed by atoms with Crippen molar-refractivity contribution in [1.82, 2.24) is 0 Å². The summed E-state index contributed by atoms with van der Waals surface area (Å²) in [5.74, 6) is 0.703. The van der Waals surface area contributed by atoms with Gasteiger partial charge in [-0.2, -0.15) is 13.2 Å². The van der Waals surface area contributed by atoms with Crippen LogP contribution in [-0.2, 0) is 10.9 Å². The molecule has 0 fully saturated rings. The van der Waals surface area contributed by atoms with Gasteiger partial charge in [0, 0.05) is 11.1 Å². The second-order valence-electron chi connectivity index (χ2n) is 6.12. The molecule has 1 nitrogen and oxygen atoms in total. The second kappa shape index (κ2) is 6.37. The second-order valence-corrected chi connectivity index (χ2v) is 6.12. The van der Waals surface area contributed by atoms with Crippen molar-refractivity contribution in [3.05, 3.63) is 107 Å². The zero-order chi connectivity index (χ0) is 18.1. The van der Waals surface area contributed by atoms with Crippen molar-refractivity contribution in [2.75, 3.05) is 0 Å². The molecular formula is C22H15F3O. The molecule has 1 aliphatic heterocycles. The Morgan fingerprint density at radius 2 is 1.38 bits per heavy atom. The van der Waals surface area contributed by atoms with Crippen molar-refractivity contribution in [3.8, 4) is 0 Å². The molecule has 4 rings (SSSR count).